The maximum absolute atomic E-state index is 12.4. The second-order valence-electron chi connectivity index (χ2n) is 6.33. The molecule has 7 nitrogen and oxygen atoms in total. The zero-order chi connectivity index (χ0) is 19.9. The lowest BCUT2D eigenvalue weighted by molar-refractivity contribution is -0.124. The Kier molecular flexibility index (Phi) is 6.16. The fourth-order valence-corrected chi connectivity index (χ4v) is 2.54. The van der Waals surface area contributed by atoms with Crippen LogP contribution in [-0.2, 0) is 9.53 Å². The summed E-state index contributed by atoms with van der Waals surface area (Å²) in [4.78, 5) is 28.6. The largest absolute Gasteiger partial charge is 0.450 e. The van der Waals surface area contributed by atoms with Gasteiger partial charge in [0.25, 0.3) is 11.7 Å². The maximum atomic E-state index is 12.4. The number of nitrogens with one attached hydrogen (secondary N) is 1. The first-order chi connectivity index (χ1) is 13.6. The van der Waals surface area contributed by atoms with E-state index in [0.717, 1.165) is 17.7 Å². The summed E-state index contributed by atoms with van der Waals surface area (Å²) in [5.41, 5.74) is 1.58. The van der Waals surface area contributed by atoms with Gasteiger partial charge in [0, 0.05) is 11.6 Å². The number of ether oxygens (including phenoxy) is 1. The first kappa shape index (κ1) is 19.3. The summed E-state index contributed by atoms with van der Waals surface area (Å²) >= 11 is 0. The van der Waals surface area contributed by atoms with E-state index >= 15 is 0 Å². The number of benzene rings is 2. The molecule has 0 unspecified atom stereocenters. The molecule has 144 valence electrons. The van der Waals surface area contributed by atoms with Crippen LogP contribution in [0.4, 0.5) is 0 Å². The molecule has 7 heteroatoms. The smallest absolute Gasteiger partial charge is 0.378 e. The zero-order valence-electron chi connectivity index (χ0n) is 15.8. The lowest BCUT2D eigenvalue weighted by Crippen LogP contribution is -2.35. The molecule has 1 aromatic heterocycles. The van der Waals surface area contributed by atoms with Gasteiger partial charge in [0.15, 0.2) is 12.4 Å². The van der Waals surface area contributed by atoms with E-state index in [1.54, 1.807) is 4.68 Å². The van der Waals surface area contributed by atoms with Crippen molar-refractivity contribution in [2.24, 2.45) is 0 Å². The number of para-hydroxylation sites is 1. The first-order valence-corrected chi connectivity index (χ1v) is 9.13. The second kappa shape index (κ2) is 8.94. The Balaban J connectivity index is 1.83. The molecule has 0 radical (unpaired) electrons. The van der Waals surface area contributed by atoms with E-state index < -0.39 is 5.97 Å². The summed E-state index contributed by atoms with van der Waals surface area (Å²) in [6.07, 6.45) is 0.795. The van der Waals surface area contributed by atoms with Gasteiger partial charge < -0.3 is 10.1 Å². The molecule has 1 N–H and O–H groups in total. The number of rotatable bonds is 7. The van der Waals surface area contributed by atoms with Crippen molar-refractivity contribution >= 4 is 11.9 Å². The van der Waals surface area contributed by atoms with E-state index in [-0.39, 0.29) is 24.4 Å². The maximum Gasteiger partial charge on any atom is 0.378 e. The van der Waals surface area contributed by atoms with Crippen LogP contribution in [0.1, 0.15) is 30.9 Å². The minimum atomic E-state index is -0.744. The van der Waals surface area contributed by atoms with Crippen LogP contribution >= 0.6 is 0 Å². The molecule has 0 saturated carbocycles. The van der Waals surface area contributed by atoms with Crippen molar-refractivity contribution < 1.29 is 14.3 Å². The Morgan fingerprint density at radius 1 is 1.07 bits per heavy atom. The molecule has 0 saturated heterocycles. The van der Waals surface area contributed by atoms with E-state index in [1.165, 1.54) is 0 Å². The van der Waals surface area contributed by atoms with E-state index in [0.29, 0.717) is 5.82 Å². The molecule has 0 spiro atoms. The van der Waals surface area contributed by atoms with Crippen LogP contribution < -0.4 is 5.32 Å². The van der Waals surface area contributed by atoms with Crippen LogP contribution in [0.3, 0.4) is 0 Å². The molecule has 2 aromatic carbocycles. The standard InChI is InChI=1S/C21H22N4O3/c1-3-15(2)22-18(26)14-28-21(27)19-23-20(16-10-6-4-7-11-16)25(24-19)17-12-8-5-9-13-17/h4-13,15H,3,14H2,1-2H3,(H,22,26)/t15-/m1/s1. The van der Waals surface area contributed by atoms with E-state index in [1.807, 2.05) is 74.5 Å². The Bertz CT molecular complexity index is 882. The highest BCUT2D eigenvalue weighted by atomic mass is 16.5. The van der Waals surface area contributed by atoms with Gasteiger partial charge in [-0.05, 0) is 25.5 Å². The van der Waals surface area contributed by atoms with Crippen LogP contribution in [0.5, 0.6) is 0 Å². The Labute approximate surface area is 163 Å². The van der Waals surface area contributed by atoms with Crippen molar-refractivity contribution in [2.75, 3.05) is 6.61 Å². The Hall–Kier alpha value is -3.48. The number of esters is 1. The van der Waals surface area contributed by atoms with Crippen LogP contribution in [0.15, 0.2) is 60.7 Å². The summed E-state index contributed by atoms with van der Waals surface area (Å²) in [6.45, 7) is 3.47. The summed E-state index contributed by atoms with van der Waals surface area (Å²) in [6, 6.07) is 18.9. The van der Waals surface area contributed by atoms with E-state index in [4.69, 9.17) is 4.74 Å². The molecule has 1 heterocycles. The fraction of sp³-hybridized carbons (Fsp3) is 0.238. The molecular formula is C21H22N4O3. The van der Waals surface area contributed by atoms with Gasteiger partial charge in [-0.2, -0.15) is 0 Å². The normalized spacial score (nSPS) is 11.6. The molecule has 0 bridgehead atoms. The molecule has 0 aliphatic heterocycles. The highest BCUT2D eigenvalue weighted by Crippen LogP contribution is 2.21. The monoisotopic (exact) mass is 378 g/mol. The number of aromatic nitrogens is 3. The summed E-state index contributed by atoms with van der Waals surface area (Å²) in [7, 11) is 0. The number of hydrogen-bond acceptors (Lipinski definition) is 5. The third-order valence-electron chi connectivity index (χ3n) is 4.18. The van der Waals surface area contributed by atoms with Crippen LogP contribution in [-0.4, -0.2) is 39.3 Å². The predicted octanol–water partition coefficient (Wildman–Crippen LogP) is 3.01. The molecule has 0 fully saturated rings. The quantitative estimate of drug-likeness (QED) is 0.639. The number of carbonyl (C=O) groups is 2. The van der Waals surface area contributed by atoms with Gasteiger partial charge in [0.05, 0.1) is 5.69 Å². The molecule has 0 aliphatic rings. The average Bonchev–Trinajstić information content (AvgIpc) is 3.19. The average molecular weight is 378 g/mol. The summed E-state index contributed by atoms with van der Waals surface area (Å²) in [5.74, 6) is -0.679. The molecule has 0 aliphatic carbocycles. The van der Waals surface area contributed by atoms with Crippen molar-refractivity contribution in [1.29, 1.82) is 0 Å². The molecule has 3 rings (SSSR count). The van der Waals surface area contributed by atoms with Crippen molar-refractivity contribution in [3.05, 3.63) is 66.5 Å². The van der Waals surface area contributed by atoms with Crippen molar-refractivity contribution in [2.45, 2.75) is 26.3 Å². The van der Waals surface area contributed by atoms with Gasteiger partial charge in [0.1, 0.15) is 0 Å². The van der Waals surface area contributed by atoms with Gasteiger partial charge in [0.2, 0.25) is 0 Å². The summed E-state index contributed by atoms with van der Waals surface area (Å²) < 4.78 is 6.67. The molecule has 1 atom stereocenters. The minimum Gasteiger partial charge on any atom is -0.450 e. The van der Waals surface area contributed by atoms with Crippen LogP contribution in [0.25, 0.3) is 17.1 Å². The van der Waals surface area contributed by atoms with Gasteiger partial charge >= 0.3 is 5.97 Å². The predicted molar refractivity (Wildman–Crippen MR) is 105 cm³/mol. The Morgan fingerprint density at radius 2 is 1.71 bits per heavy atom. The van der Waals surface area contributed by atoms with Gasteiger partial charge in [-0.1, -0.05) is 55.5 Å². The zero-order valence-corrected chi connectivity index (χ0v) is 15.8. The van der Waals surface area contributed by atoms with E-state index in [2.05, 4.69) is 15.4 Å². The molecule has 3 aromatic rings. The summed E-state index contributed by atoms with van der Waals surface area (Å²) in [5, 5.41) is 7.05. The van der Waals surface area contributed by atoms with Crippen molar-refractivity contribution in [3.8, 4) is 17.1 Å². The third-order valence-corrected chi connectivity index (χ3v) is 4.18. The lowest BCUT2D eigenvalue weighted by Gasteiger charge is -2.10. The van der Waals surface area contributed by atoms with Crippen molar-refractivity contribution in [3.63, 3.8) is 0 Å². The fourth-order valence-electron chi connectivity index (χ4n) is 2.54. The second-order valence-corrected chi connectivity index (χ2v) is 6.33. The molecular weight excluding hydrogens is 356 g/mol. The Morgan fingerprint density at radius 3 is 2.36 bits per heavy atom. The number of nitrogens with zero attached hydrogens (tertiary/aromatic N) is 3. The SMILES string of the molecule is CC[C@@H](C)NC(=O)COC(=O)c1nc(-c2ccccc2)n(-c2ccccc2)n1. The van der Waals surface area contributed by atoms with Gasteiger partial charge in [-0.15, -0.1) is 5.10 Å². The van der Waals surface area contributed by atoms with Gasteiger partial charge in [-0.3, -0.25) is 4.79 Å². The lowest BCUT2D eigenvalue weighted by atomic mass is 10.2. The number of amides is 1. The molecule has 1 amide bonds. The van der Waals surface area contributed by atoms with Gasteiger partial charge in [-0.25, -0.2) is 14.5 Å². The number of hydrogen-bond donors (Lipinski definition) is 1. The van der Waals surface area contributed by atoms with Crippen LogP contribution in [0, 0.1) is 0 Å². The van der Waals surface area contributed by atoms with Crippen molar-refractivity contribution in [1.82, 2.24) is 20.1 Å². The minimum absolute atomic E-state index is 0.0197. The number of carbonyl (C=O) groups excluding carboxylic acids is 2. The van der Waals surface area contributed by atoms with Crippen LogP contribution in [0.2, 0.25) is 0 Å². The van der Waals surface area contributed by atoms with E-state index in [9.17, 15) is 9.59 Å². The first-order valence-electron chi connectivity index (χ1n) is 9.13. The third kappa shape index (κ3) is 4.62. The highest BCUT2D eigenvalue weighted by molar-refractivity contribution is 5.88. The highest BCUT2D eigenvalue weighted by Gasteiger charge is 2.20. The topological polar surface area (TPSA) is 86.1 Å². The molecule has 28 heavy (non-hydrogen) atoms.